The number of hydrogen-bond donors (Lipinski definition) is 2. The maximum Gasteiger partial charge on any atom is 0.107 e. The van der Waals surface area contributed by atoms with Crippen LogP contribution in [0.2, 0.25) is 0 Å². The van der Waals surface area contributed by atoms with Crippen LogP contribution in [0.4, 0.5) is 0 Å². The second-order valence-electron chi connectivity index (χ2n) is 2.98. The van der Waals surface area contributed by atoms with Crippen LogP contribution in [0.1, 0.15) is 18.1 Å². The standard InChI is InChI=1S/C8H11NO2/c10-9-5-6-4-7(6)8-2-1-3-11-8/h1-3,6-7,9-10H,4-5H2/t6-,7+/m0/s1. The van der Waals surface area contributed by atoms with Crippen LogP contribution >= 0.6 is 0 Å². The molecule has 1 heterocycles. The van der Waals surface area contributed by atoms with E-state index < -0.39 is 0 Å². The molecule has 1 aromatic heterocycles. The van der Waals surface area contributed by atoms with Crippen molar-refractivity contribution in [1.82, 2.24) is 5.48 Å². The Balaban J connectivity index is 1.92. The van der Waals surface area contributed by atoms with Gasteiger partial charge in [-0.1, -0.05) is 0 Å². The molecule has 1 saturated carbocycles. The second-order valence-corrected chi connectivity index (χ2v) is 2.98. The highest BCUT2D eigenvalue weighted by Gasteiger charge is 2.39. The highest BCUT2D eigenvalue weighted by molar-refractivity contribution is 5.15. The first kappa shape index (κ1) is 6.88. The lowest BCUT2D eigenvalue weighted by atomic mass is 10.2. The van der Waals surface area contributed by atoms with Gasteiger partial charge in [-0.05, 0) is 24.5 Å². The molecule has 0 unspecified atom stereocenters. The largest absolute Gasteiger partial charge is 0.469 e. The van der Waals surface area contributed by atoms with Crippen molar-refractivity contribution in [3.8, 4) is 0 Å². The number of nitrogens with one attached hydrogen (secondary N) is 1. The first-order chi connectivity index (χ1) is 5.42. The summed E-state index contributed by atoms with van der Waals surface area (Å²) < 4.78 is 5.22. The minimum absolute atomic E-state index is 0.532. The van der Waals surface area contributed by atoms with E-state index in [9.17, 15) is 0 Å². The van der Waals surface area contributed by atoms with E-state index >= 15 is 0 Å². The first-order valence-electron chi connectivity index (χ1n) is 3.82. The third kappa shape index (κ3) is 1.29. The Morgan fingerprint density at radius 3 is 3.27 bits per heavy atom. The summed E-state index contributed by atoms with van der Waals surface area (Å²) in [7, 11) is 0. The molecule has 0 radical (unpaired) electrons. The molecule has 0 amide bonds. The van der Waals surface area contributed by atoms with Crippen molar-refractivity contribution >= 4 is 0 Å². The van der Waals surface area contributed by atoms with Crippen LogP contribution in [0.5, 0.6) is 0 Å². The topological polar surface area (TPSA) is 45.4 Å². The Labute approximate surface area is 65.0 Å². The zero-order valence-electron chi connectivity index (χ0n) is 6.16. The minimum atomic E-state index is 0.532. The SMILES string of the molecule is ONC[C@@H]1C[C@H]1c1ccco1. The average molecular weight is 153 g/mol. The summed E-state index contributed by atoms with van der Waals surface area (Å²) in [6.07, 6.45) is 2.82. The molecule has 0 spiro atoms. The monoisotopic (exact) mass is 153 g/mol. The van der Waals surface area contributed by atoms with E-state index in [-0.39, 0.29) is 0 Å². The summed E-state index contributed by atoms with van der Waals surface area (Å²) in [5.74, 6) is 2.14. The molecule has 1 fully saturated rings. The van der Waals surface area contributed by atoms with Crippen molar-refractivity contribution in [2.24, 2.45) is 5.92 Å². The van der Waals surface area contributed by atoms with E-state index in [4.69, 9.17) is 9.62 Å². The highest BCUT2D eigenvalue weighted by atomic mass is 16.5. The molecule has 1 aromatic rings. The van der Waals surface area contributed by atoms with E-state index in [2.05, 4.69) is 5.48 Å². The molecule has 2 N–H and O–H groups in total. The summed E-state index contributed by atoms with van der Waals surface area (Å²) >= 11 is 0. The zero-order chi connectivity index (χ0) is 7.68. The van der Waals surface area contributed by atoms with Gasteiger partial charge in [0.15, 0.2) is 0 Å². The first-order valence-corrected chi connectivity index (χ1v) is 3.82. The van der Waals surface area contributed by atoms with E-state index in [1.165, 1.54) is 0 Å². The number of rotatable bonds is 3. The molecular formula is C8H11NO2. The lowest BCUT2D eigenvalue weighted by molar-refractivity contribution is 0.161. The zero-order valence-corrected chi connectivity index (χ0v) is 6.16. The molecule has 11 heavy (non-hydrogen) atoms. The van der Waals surface area contributed by atoms with Gasteiger partial charge >= 0.3 is 0 Å². The van der Waals surface area contributed by atoms with E-state index in [0.717, 1.165) is 12.2 Å². The second kappa shape index (κ2) is 2.68. The lowest BCUT2D eigenvalue weighted by Gasteiger charge is -1.93. The molecular weight excluding hydrogens is 142 g/mol. The van der Waals surface area contributed by atoms with Gasteiger partial charge in [-0.15, -0.1) is 0 Å². The van der Waals surface area contributed by atoms with Crippen LogP contribution in [-0.2, 0) is 0 Å². The third-order valence-electron chi connectivity index (χ3n) is 2.18. The van der Waals surface area contributed by atoms with E-state index in [1.807, 2.05) is 12.1 Å². The molecule has 60 valence electrons. The summed E-state index contributed by atoms with van der Waals surface area (Å²) in [4.78, 5) is 0. The number of hydroxylamine groups is 1. The Morgan fingerprint density at radius 2 is 2.64 bits per heavy atom. The molecule has 0 aliphatic heterocycles. The van der Waals surface area contributed by atoms with Crippen LogP contribution in [0.3, 0.4) is 0 Å². The molecule has 2 rings (SSSR count). The molecule has 3 nitrogen and oxygen atoms in total. The molecule has 1 aliphatic rings. The molecule has 2 atom stereocenters. The predicted octanol–water partition coefficient (Wildman–Crippen LogP) is 1.36. The van der Waals surface area contributed by atoms with Gasteiger partial charge in [0, 0.05) is 12.5 Å². The summed E-state index contributed by atoms with van der Waals surface area (Å²) in [6.45, 7) is 0.672. The van der Waals surface area contributed by atoms with Crippen molar-refractivity contribution in [2.45, 2.75) is 12.3 Å². The van der Waals surface area contributed by atoms with Crippen molar-refractivity contribution in [3.63, 3.8) is 0 Å². The van der Waals surface area contributed by atoms with Gasteiger partial charge in [-0.3, -0.25) is 0 Å². The van der Waals surface area contributed by atoms with Crippen molar-refractivity contribution in [3.05, 3.63) is 24.2 Å². The van der Waals surface area contributed by atoms with E-state index in [0.29, 0.717) is 18.4 Å². The Morgan fingerprint density at radius 1 is 1.73 bits per heavy atom. The number of hydrogen-bond acceptors (Lipinski definition) is 3. The van der Waals surface area contributed by atoms with Gasteiger partial charge < -0.3 is 9.62 Å². The minimum Gasteiger partial charge on any atom is -0.469 e. The molecule has 3 heteroatoms. The molecule has 0 aromatic carbocycles. The van der Waals surface area contributed by atoms with Gasteiger partial charge in [-0.25, -0.2) is 5.48 Å². The van der Waals surface area contributed by atoms with Crippen LogP contribution < -0.4 is 5.48 Å². The fraction of sp³-hybridized carbons (Fsp3) is 0.500. The van der Waals surface area contributed by atoms with Crippen molar-refractivity contribution < 1.29 is 9.62 Å². The highest BCUT2D eigenvalue weighted by Crippen LogP contribution is 2.46. The average Bonchev–Trinajstić information content (AvgIpc) is 2.61. The van der Waals surface area contributed by atoms with Crippen LogP contribution in [-0.4, -0.2) is 11.8 Å². The van der Waals surface area contributed by atoms with Gasteiger partial charge in [-0.2, -0.15) is 0 Å². The summed E-state index contributed by atoms with van der Waals surface area (Å²) in [6, 6.07) is 3.89. The number of furan rings is 1. The summed E-state index contributed by atoms with van der Waals surface area (Å²) in [5, 5.41) is 8.41. The Kier molecular flexibility index (Phi) is 1.68. The quantitative estimate of drug-likeness (QED) is 0.644. The van der Waals surface area contributed by atoms with Crippen molar-refractivity contribution in [1.29, 1.82) is 0 Å². The maximum atomic E-state index is 8.41. The summed E-state index contributed by atoms with van der Waals surface area (Å²) in [5.41, 5.74) is 2.18. The fourth-order valence-corrected chi connectivity index (χ4v) is 1.44. The smallest absolute Gasteiger partial charge is 0.107 e. The van der Waals surface area contributed by atoms with E-state index in [1.54, 1.807) is 6.26 Å². The Hall–Kier alpha value is -0.800. The molecule has 1 aliphatic carbocycles. The lowest BCUT2D eigenvalue weighted by Crippen LogP contribution is -2.10. The van der Waals surface area contributed by atoms with Gasteiger partial charge in [0.2, 0.25) is 0 Å². The molecule has 0 bridgehead atoms. The van der Waals surface area contributed by atoms with Crippen LogP contribution in [0, 0.1) is 5.92 Å². The van der Waals surface area contributed by atoms with Gasteiger partial charge in [0.05, 0.1) is 6.26 Å². The van der Waals surface area contributed by atoms with Gasteiger partial charge in [0.1, 0.15) is 5.76 Å². The van der Waals surface area contributed by atoms with Crippen molar-refractivity contribution in [2.75, 3.05) is 6.54 Å². The Bertz CT molecular complexity index is 220. The normalized spacial score (nSPS) is 28.8. The van der Waals surface area contributed by atoms with Gasteiger partial charge in [0.25, 0.3) is 0 Å². The molecule has 0 saturated heterocycles. The third-order valence-corrected chi connectivity index (χ3v) is 2.18. The fourth-order valence-electron chi connectivity index (χ4n) is 1.44. The van der Waals surface area contributed by atoms with Crippen LogP contribution in [0.25, 0.3) is 0 Å². The maximum absolute atomic E-state index is 8.41. The van der Waals surface area contributed by atoms with Crippen LogP contribution in [0.15, 0.2) is 22.8 Å². The predicted molar refractivity (Wildman–Crippen MR) is 39.3 cm³/mol.